The summed E-state index contributed by atoms with van der Waals surface area (Å²) >= 11 is 1.53. The van der Waals surface area contributed by atoms with Crippen molar-refractivity contribution in [1.82, 2.24) is 5.06 Å². The lowest BCUT2D eigenvalue weighted by Gasteiger charge is -2.13. The molecule has 5 nitrogen and oxygen atoms in total. The number of amides is 2. The molecule has 0 bridgehead atoms. The maximum atomic E-state index is 12.1. The second-order valence-electron chi connectivity index (χ2n) is 4.77. The Morgan fingerprint density at radius 2 is 1.61 bits per heavy atom. The van der Waals surface area contributed by atoms with Crippen LogP contribution in [-0.2, 0) is 4.84 Å². The van der Waals surface area contributed by atoms with E-state index in [4.69, 9.17) is 10.1 Å². The second-order valence-corrected chi connectivity index (χ2v) is 5.94. The van der Waals surface area contributed by atoms with Crippen molar-refractivity contribution < 1.29 is 14.4 Å². The van der Waals surface area contributed by atoms with Crippen LogP contribution in [0.1, 0.15) is 26.3 Å². The fourth-order valence-corrected chi connectivity index (χ4v) is 2.92. The third kappa shape index (κ3) is 3.11. The van der Waals surface area contributed by atoms with E-state index < -0.39 is 11.8 Å². The van der Waals surface area contributed by atoms with Crippen LogP contribution in [-0.4, -0.2) is 29.2 Å². The molecule has 23 heavy (non-hydrogen) atoms. The van der Waals surface area contributed by atoms with Gasteiger partial charge in [0, 0.05) is 10.6 Å². The zero-order valence-corrected chi connectivity index (χ0v) is 12.9. The first-order chi connectivity index (χ1) is 11.2. The molecule has 0 atom stereocenters. The standard InChI is InChI=1S/C17H12N2O3S/c18-11-12-5-7-13(8-6-12)23-10-9-22-19-16(20)14-3-1-2-4-15(14)17(19)21/h1-8H,9-10H2. The topological polar surface area (TPSA) is 70.4 Å². The van der Waals surface area contributed by atoms with Gasteiger partial charge in [0.1, 0.15) is 0 Å². The smallest absolute Gasteiger partial charge is 0.266 e. The van der Waals surface area contributed by atoms with Crippen molar-refractivity contribution in [2.45, 2.75) is 4.90 Å². The first kappa shape index (κ1) is 15.3. The molecule has 0 N–H and O–H groups in total. The highest BCUT2D eigenvalue weighted by atomic mass is 32.2. The Morgan fingerprint density at radius 3 is 2.17 bits per heavy atom. The molecule has 6 heteroatoms. The molecule has 2 amide bonds. The quantitative estimate of drug-likeness (QED) is 0.480. The van der Waals surface area contributed by atoms with Gasteiger partial charge in [0.15, 0.2) is 0 Å². The van der Waals surface area contributed by atoms with Gasteiger partial charge in [-0.1, -0.05) is 12.1 Å². The van der Waals surface area contributed by atoms with Crippen LogP contribution < -0.4 is 0 Å². The number of imide groups is 1. The molecule has 0 saturated carbocycles. The van der Waals surface area contributed by atoms with Crippen LogP contribution in [0.4, 0.5) is 0 Å². The molecular weight excluding hydrogens is 312 g/mol. The maximum absolute atomic E-state index is 12.1. The Kier molecular flexibility index (Phi) is 4.42. The molecule has 114 valence electrons. The Hall–Kier alpha value is -2.62. The minimum Gasteiger partial charge on any atom is -0.266 e. The normalized spacial score (nSPS) is 13.1. The number of hydrogen-bond donors (Lipinski definition) is 0. The summed E-state index contributed by atoms with van der Waals surface area (Å²) in [5.74, 6) is -0.262. The molecule has 0 saturated heterocycles. The molecule has 1 aliphatic rings. The summed E-state index contributed by atoms with van der Waals surface area (Å²) in [5.41, 5.74) is 1.35. The van der Waals surface area contributed by atoms with E-state index in [0.29, 0.717) is 22.4 Å². The van der Waals surface area contributed by atoms with E-state index in [2.05, 4.69) is 6.07 Å². The summed E-state index contributed by atoms with van der Waals surface area (Å²) in [6.45, 7) is 0.232. The van der Waals surface area contributed by atoms with Gasteiger partial charge in [0.2, 0.25) is 0 Å². The predicted octanol–water partition coefficient (Wildman–Crippen LogP) is 2.88. The number of hydrogen-bond acceptors (Lipinski definition) is 5. The summed E-state index contributed by atoms with van der Waals surface area (Å²) < 4.78 is 0. The third-order valence-corrected chi connectivity index (χ3v) is 4.29. The lowest BCUT2D eigenvalue weighted by atomic mass is 10.1. The fraction of sp³-hybridized carbons (Fsp3) is 0.118. The van der Waals surface area contributed by atoms with Gasteiger partial charge in [0.25, 0.3) is 11.8 Å². The van der Waals surface area contributed by atoms with Crippen LogP contribution in [0.5, 0.6) is 0 Å². The van der Waals surface area contributed by atoms with Crippen molar-refractivity contribution in [1.29, 1.82) is 5.26 Å². The number of nitriles is 1. The van der Waals surface area contributed by atoms with Gasteiger partial charge < -0.3 is 0 Å². The van der Waals surface area contributed by atoms with Gasteiger partial charge in [-0.25, -0.2) is 0 Å². The molecule has 2 aromatic rings. The molecule has 3 rings (SSSR count). The number of benzene rings is 2. The van der Waals surface area contributed by atoms with Crippen LogP contribution in [0.25, 0.3) is 0 Å². The number of fused-ring (bicyclic) bond motifs is 1. The summed E-state index contributed by atoms with van der Waals surface area (Å²) in [5, 5.41) is 9.57. The number of rotatable bonds is 5. The molecule has 0 aromatic heterocycles. The molecule has 0 radical (unpaired) electrons. The average molecular weight is 324 g/mol. The molecule has 0 unspecified atom stereocenters. The summed E-state index contributed by atoms with van der Waals surface area (Å²) in [6.07, 6.45) is 0. The highest BCUT2D eigenvalue weighted by molar-refractivity contribution is 7.99. The van der Waals surface area contributed by atoms with E-state index in [1.807, 2.05) is 12.1 Å². The molecule has 1 heterocycles. The Bertz CT molecular complexity index is 761. The van der Waals surface area contributed by atoms with Gasteiger partial charge in [-0.05, 0) is 36.4 Å². The van der Waals surface area contributed by atoms with E-state index >= 15 is 0 Å². The van der Waals surface area contributed by atoms with Crippen molar-refractivity contribution in [3.05, 3.63) is 65.2 Å². The second kappa shape index (κ2) is 6.65. The predicted molar refractivity (Wildman–Crippen MR) is 84.8 cm³/mol. The Morgan fingerprint density at radius 1 is 1.00 bits per heavy atom. The highest BCUT2D eigenvalue weighted by Gasteiger charge is 2.36. The third-order valence-electron chi connectivity index (χ3n) is 3.31. The first-order valence-electron chi connectivity index (χ1n) is 6.94. The van der Waals surface area contributed by atoms with Crippen LogP contribution >= 0.6 is 11.8 Å². The van der Waals surface area contributed by atoms with E-state index in [9.17, 15) is 9.59 Å². The van der Waals surface area contributed by atoms with E-state index in [0.717, 1.165) is 9.96 Å². The van der Waals surface area contributed by atoms with Gasteiger partial charge in [-0.15, -0.1) is 16.8 Å². The maximum Gasteiger partial charge on any atom is 0.285 e. The highest BCUT2D eigenvalue weighted by Crippen LogP contribution is 2.23. The summed E-state index contributed by atoms with van der Waals surface area (Å²) in [4.78, 5) is 30.5. The van der Waals surface area contributed by atoms with Crippen LogP contribution in [0, 0.1) is 11.3 Å². The first-order valence-corrected chi connectivity index (χ1v) is 7.93. The molecule has 0 aliphatic carbocycles. The van der Waals surface area contributed by atoms with Crippen LogP contribution in [0.3, 0.4) is 0 Å². The number of thioether (sulfide) groups is 1. The Labute approximate surface area is 137 Å². The van der Waals surface area contributed by atoms with Crippen molar-refractivity contribution >= 4 is 23.6 Å². The van der Waals surface area contributed by atoms with E-state index in [-0.39, 0.29) is 6.61 Å². The van der Waals surface area contributed by atoms with Crippen LogP contribution in [0.2, 0.25) is 0 Å². The number of carbonyl (C=O) groups is 2. The summed E-state index contributed by atoms with van der Waals surface area (Å²) in [7, 11) is 0. The molecule has 0 spiro atoms. The lowest BCUT2D eigenvalue weighted by Crippen LogP contribution is -2.30. The number of carbonyl (C=O) groups excluding carboxylic acids is 2. The molecule has 1 aliphatic heterocycles. The summed E-state index contributed by atoms with van der Waals surface area (Å²) in [6, 6.07) is 15.9. The Balaban J connectivity index is 1.53. The van der Waals surface area contributed by atoms with Gasteiger partial charge in [-0.3, -0.25) is 14.4 Å². The van der Waals surface area contributed by atoms with E-state index in [1.165, 1.54) is 11.8 Å². The lowest BCUT2D eigenvalue weighted by molar-refractivity contribution is -0.0852. The molecular formula is C17H12N2O3S. The zero-order chi connectivity index (χ0) is 16.2. The van der Waals surface area contributed by atoms with Gasteiger partial charge in [-0.2, -0.15) is 5.26 Å². The van der Waals surface area contributed by atoms with Crippen molar-refractivity contribution in [3.8, 4) is 6.07 Å². The minimum atomic E-state index is -0.422. The largest absolute Gasteiger partial charge is 0.285 e. The van der Waals surface area contributed by atoms with Gasteiger partial charge >= 0.3 is 0 Å². The fourth-order valence-electron chi connectivity index (χ4n) is 2.20. The molecule has 0 fully saturated rings. The monoisotopic (exact) mass is 324 g/mol. The SMILES string of the molecule is N#Cc1ccc(SCCON2C(=O)c3ccccc3C2=O)cc1. The van der Waals surface area contributed by atoms with Crippen molar-refractivity contribution in [2.24, 2.45) is 0 Å². The minimum absolute atomic E-state index is 0.232. The zero-order valence-electron chi connectivity index (χ0n) is 12.1. The number of hydroxylamine groups is 2. The number of nitrogens with zero attached hydrogens (tertiary/aromatic N) is 2. The molecule has 2 aromatic carbocycles. The van der Waals surface area contributed by atoms with Crippen molar-refractivity contribution in [2.75, 3.05) is 12.4 Å². The van der Waals surface area contributed by atoms with E-state index in [1.54, 1.807) is 36.4 Å². The van der Waals surface area contributed by atoms with Gasteiger partial charge in [0.05, 0.1) is 29.4 Å². The average Bonchev–Trinajstić information content (AvgIpc) is 2.84. The van der Waals surface area contributed by atoms with Crippen molar-refractivity contribution in [3.63, 3.8) is 0 Å². The van der Waals surface area contributed by atoms with Crippen LogP contribution in [0.15, 0.2) is 53.4 Å².